The van der Waals surface area contributed by atoms with E-state index in [9.17, 15) is 14.7 Å². The van der Waals surface area contributed by atoms with E-state index in [0.717, 1.165) is 62.4 Å². The van der Waals surface area contributed by atoms with Gasteiger partial charge in [-0.05, 0) is 128 Å². The number of ether oxygens (including phenoxy) is 2. The standard InChI is InChI=1S/C44H56ClN3O5/c1-28(26-53-38-14-19-46-37-11-6-8-29(2)39(37)38)20-32-21-31-12-13-35(52-27-30-24-48(25-30)40(49)42(3,4)5)23-36(31)43(32)15-17-44(18-16-43,41(50)51)47-34-10-7-9-33(45)22-34/h7,9-10,12-14,19,22-23,28-30,32,47H,6,8,11,15-18,20-21,24-27H2,1-5H3,(H,50,51)/t28-,29-,32-,43?,44?/m1/s1. The van der Waals surface area contributed by atoms with Crippen molar-refractivity contribution in [2.45, 2.75) is 109 Å². The van der Waals surface area contributed by atoms with Crippen molar-refractivity contribution in [1.82, 2.24) is 9.88 Å². The van der Waals surface area contributed by atoms with E-state index < -0.39 is 11.5 Å². The third-order valence-corrected chi connectivity index (χ3v) is 12.9. The van der Waals surface area contributed by atoms with E-state index in [1.54, 1.807) is 12.1 Å². The molecule has 1 aromatic heterocycles. The van der Waals surface area contributed by atoms with E-state index in [0.29, 0.717) is 54.7 Å². The van der Waals surface area contributed by atoms with E-state index in [4.69, 9.17) is 21.1 Å². The lowest BCUT2D eigenvalue weighted by Gasteiger charge is -2.47. The lowest BCUT2D eigenvalue weighted by atomic mass is 9.59. The van der Waals surface area contributed by atoms with Gasteiger partial charge in [0.25, 0.3) is 0 Å². The van der Waals surface area contributed by atoms with E-state index in [1.807, 2.05) is 50.1 Å². The predicted octanol–water partition coefficient (Wildman–Crippen LogP) is 9.08. The number of rotatable bonds is 11. The quantitative estimate of drug-likeness (QED) is 0.202. The number of carbonyl (C=O) groups excluding carboxylic acids is 1. The summed E-state index contributed by atoms with van der Waals surface area (Å²) in [5, 5.41) is 14.7. The molecule has 1 spiro atoms. The number of benzene rings is 2. The first kappa shape index (κ1) is 37.5. The molecule has 9 heteroatoms. The van der Waals surface area contributed by atoms with E-state index in [2.05, 4.69) is 42.3 Å². The zero-order valence-corrected chi connectivity index (χ0v) is 32.8. The van der Waals surface area contributed by atoms with Crippen LogP contribution in [0, 0.1) is 23.2 Å². The van der Waals surface area contributed by atoms with Gasteiger partial charge in [0, 0.05) is 52.6 Å². The molecule has 3 aromatic rings. The zero-order valence-electron chi connectivity index (χ0n) is 32.1. The van der Waals surface area contributed by atoms with Crippen molar-refractivity contribution in [3.63, 3.8) is 0 Å². The smallest absolute Gasteiger partial charge is 0.329 e. The molecule has 2 fully saturated rings. The van der Waals surface area contributed by atoms with Crippen molar-refractivity contribution >= 4 is 29.2 Å². The average Bonchev–Trinajstić information content (AvgIpc) is 3.38. The molecule has 4 aliphatic rings. The fourth-order valence-corrected chi connectivity index (χ4v) is 9.89. The fourth-order valence-electron chi connectivity index (χ4n) is 9.70. The Labute approximate surface area is 320 Å². The predicted molar refractivity (Wildman–Crippen MR) is 209 cm³/mol. The van der Waals surface area contributed by atoms with Crippen LogP contribution in [0.2, 0.25) is 5.02 Å². The number of pyridine rings is 1. The van der Waals surface area contributed by atoms with E-state index >= 15 is 0 Å². The van der Waals surface area contributed by atoms with Crippen LogP contribution in [0.15, 0.2) is 54.7 Å². The summed E-state index contributed by atoms with van der Waals surface area (Å²) in [6.07, 6.45) is 9.69. The Kier molecular flexibility index (Phi) is 10.5. The van der Waals surface area contributed by atoms with Gasteiger partial charge >= 0.3 is 5.97 Å². The van der Waals surface area contributed by atoms with Gasteiger partial charge < -0.3 is 24.8 Å². The van der Waals surface area contributed by atoms with E-state index in [-0.39, 0.29) is 16.7 Å². The number of hydrogen-bond donors (Lipinski definition) is 2. The normalized spacial score (nSPS) is 26.0. The number of aryl methyl sites for hydroxylation is 1. The number of carboxylic acids is 1. The van der Waals surface area contributed by atoms with Crippen LogP contribution in [0.25, 0.3) is 0 Å². The summed E-state index contributed by atoms with van der Waals surface area (Å²) < 4.78 is 13.0. The molecule has 0 bridgehead atoms. The number of carbonyl (C=O) groups is 2. The summed E-state index contributed by atoms with van der Waals surface area (Å²) >= 11 is 6.30. The minimum Gasteiger partial charge on any atom is -0.493 e. The molecule has 1 amide bonds. The number of fused-ring (bicyclic) bond motifs is 3. The minimum atomic E-state index is -1.08. The number of carboxylic acid groups (broad SMARTS) is 1. The minimum absolute atomic E-state index is 0.172. The maximum atomic E-state index is 13.0. The molecule has 2 N–H and O–H groups in total. The number of aliphatic carboxylic acids is 1. The van der Waals surface area contributed by atoms with Gasteiger partial charge in [0.2, 0.25) is 5.91 Å². The molecule has 1 aliphatic heterocycles. The van der Waals surface area contributed by atoms with Crippen LogP contribution in [0.5, 0.6) is 11.5 Å². The monoisotopic (exact) mass is 741 g/mol. The third-order valence-electron chi connectivity index (χ3n) is 12.6. The Hall–Kier alpha value is -3.78. The van der Waals surface area contributed by atoms with Gasteiger partial charge in [0.15, 0.2) is 0 Å². The molecule has 3 atom stereocenters. The van der Waals surface area contributed by atoms with Gasteiger partial charge in [-0.2, -0.15) is 0 Å². The molecule has 2 aromatic carbocycles. The van der Waals surface area contributed by atoms with E-state index in [1.165, 1.54) is 35.2 Å². The molecule has 0 unspecified atom stereocenters. The van der Waals surface area contributed by atoms with Crippen molar-refractivity contribution in [1.29, 1.82) is 0 Å². The Morgan fingerprint density at radius 3 is 2.57 bits per heavy atom. The number of anilines is 1. The number of likely N-dealkylation sites (tertiary alicyclic amines) is 1. The van der Waals surface area contributed by atoms with Crippen LogP contribution in [-0.2, 0) is 27.8 Å². The number of nitrogens with one attached hydrogen (secondary N) is 1. The summed E-state index contributed by atoms with van der Waals surface area (Å²) in [5.74, 6) is 2.61. The third kappa shape index (κ3) is 7.63. The maximum Gasteiger partial charge on any atom is 0.329 e. The van der Waals surface area contributed by atoms with Crippen molar-refractivity contribution in [2.75, 3.05) is 31.6 Å². The highest BCUT2D eigenvalue weighted by atomic mass is 35.5. The summed E-state index contributed by atoms with van der Waals surface area (Å²) in [5.41, 5.74) is 4.21. The van der Waals surface area contributed by atoms with Crippen molar-refractivity contribution in [3.05, 3.63) is 82.1 Å². The first-order chi connectivity index (χ1) is 25.3. The topological polar surface area (TPSA) is 101 Å². The van der Waals surface area contributed by atoms with Gasteiger partial charge in [-0.25, -0.2) is 4.79 Å². The molecule has 53 heavy (non-hydrogen) atoms. The molecular formula is C44H56ClN3O5. The lowest BCUT2D eigenvalue weighted by molar-refractivity contribution is -0.147. The van der Waals surface area contributed by atoms with Crippen LogP contribution < -0.4 is 14.8 Å². The van der Waals surface area contributed by atoms with Gasteiger partial charge in [-0.3, -0.25) is 9.78 Å². The van der Waals surface area contributed by atoms with Gasteiger partial charge in [0.05, 0.1) is 13.2 Å². The SMILES string of the molecule is C[C@@H](COc1ccnc2c1[C@H](C)CCC2)C[C@@H]1Cc2ccc(OCC3CN(C(=O)C(C)(C)C)C3)cc2C12CCC(Nc1cccc(Cl)c1)(C(=O)O)CC2. The number of aromatic nitrogens is 1. The van der Waals surface area contributed by atoms with Crippen LogP contribution >= 0.6 is 11.6 Å². The summed E-state index contributed by atoms with van der Waals surface area (Å²) in [7, 11) is 0. The van der Waals surface area contributed by atoms with Gasteiger partial charge in [-0.15, -0.1) is 0 Å². The first-order valence-corrected chi connectivity index (χ1v) is 20.1. The van der Waals surface area contributed by atoms with Crippen LogP contribution in [-0.4, -0.2) is 58.7 Å². The molecule has 3 aliphatic carbocycles. The van der Waals surface area contributed by atoms with Crippen LogP contribution in [0.3, 0.4) is 0 Å². The second-order valence-electron chi connectivity index (χ2n) is 17.7. The maximum absolute atomic E-state index is 13.0. The lowest BCUT2D eigenvalue weighted by Crippen LogP contribution is -2.55. The number of nitrogens with zero attached hydrogens (tertiary/aromatic N) is 2. The van der Waals surface area contributed by atoms with Crippen LogP contribution in [0.1, 0.15) is 108 Å². The van der Waals surface area contributed by atoms with Gasteiger partial charge in [-0.1, -0.05) is 58.4 Å². The Morgan fingerprint density at radius 1 is 1.08 bits per heavy atom. The molecule has 0 radical (unpaired) electrons. The largest absolute Gasteiger partial charge is 0.493 e. The van der Waals surface area contributed by atoms with Crippen molar-refractivity contribution in [2.24, 2.45) is 23.2 Å². The second kappa shape index (κ2) is 14.8. The molecule has 2 heterocycles. The van der Waals surface area contributed by atoms with Crippen molar-refractivity contribution in [3.8, 4) is 11.5 Å². The molecular weight excluding hydrogens is 686 g/mol. The first-order valence-electron chi connectivity index (χ1n) is 19.7. The highest BCUT2D eigenvalue weighted by Crippen LogP contribution is 2.57. The second-order valence-corrected chi connectivity index (χ2v) is 18.1. The number of halogens is 1. The summed E-state index contributed by atoms with van der Waals surface area (Å²) in [4.78, 5) is 32.3. The molecule has 1 saturated carbocycles. The fraction of sp³-hybridized carbons (Fsp3) is 0.568. The van der Waals surface area contributed by atoms with Crippen LogP contribution in [0.4, 0.5) is 5.69 Å². The summed E-state index contributed by atoms with van der Waals surface area (Å²) in [6, 6.07) is 16.0. The highest BCUT2D eigenvalue weighted by molar-refractivity contribution is 6.30. The van der Waals surface area contributed by atoms with Crippen molar-refractivity contribution < 1.29 is 24.2 Å². The Bertz CT molecular complexity index is 1820. The van der Waals surface area contributed by atoms with Gasteiger partial charge in [0.1, 0.15) is 17.0 Å². The summed E-state index contributed by atoms with van der Waals surface area (Å²) in [6.45, 7) is 13.1. The number of amides is 1. The highest BCUT2D eigenvalue weighted by Gasteiger charge is 2.54. The molecule has 8 nitrogen and oxygen atoms in total. The molecule has 284 valence electrons. The number of hydrogen-bond acceptors (Lipinski definition) is 6. The molecule has 1 saturated heterocycles. The molecule has 7 rings (SSSR count). The zero-order chi connectivity index (χ0) is 37.5. The Morgan fingerprint density at radius 2 is 1.85 bits per heavy atom. The average molecular weight is 742 g/mol. The Balaban J connectivity index is 1.09.